The average Bonchev–Trinajstić information content (AvgIpc) is 2.90. The fourth-order valence-electron chi connectivity index (χ4n) is 2.58. The summed E-state index contributed by atoms with van der Waals surface area (Å²) in [4.78, 5) is 24.3. The molecular formula is C19H16BrFO6. The molecular weight excluding hydrogens is 423 g/mol. The van der Waals surface area contributed by atoms with Crippen molar-refractivity contribution in [1.82, 2.24) is 0 Å². The molecule has 0 aliphatic carbocycles. The molecule has 0 saturated carbocycles. The van der Waals surface area contributed by atoms with Gasteiger partial charge in [0.05, 0.1) is 11.1 Å². The van der Waals surface area contributed by atoms with E-state index in [2.05, 4.69) is 15.9 Å². The Morgan fingerprint density at radius 1 is 1.04 bits per heavy atom. The van der Waals surface area contributed by atoms with Crippen LogP contribution in [0.25, 0.3) is 0 Å². The van der Waals surface area contributed by atoms with Gasteiger partial charge in [-0.05, 0) is 40.2 Å². The van der Waals surface area contributed by atoms with Gasteiger partial charge in [0.25, 0.3) is 4.70 Å². The Balaban J connectivity index is 1.68. The first-order valence-corrected chi connectivity index (χ1v) is 8.89. The van der Waals surface area contributed by atoms with Crippen molar-refractivity contribution in [2.75, 3.05) is 6.61 Å². The van der Waals surface area contributed by atoms with E-state index in [1.807, 2.05) is 0 Å². The number of esters is 2. The van der Waals surface area contributed by atoms with Gasteiger partial charge in [-0.15, -0.1) is 0 Å². The largest absolute Gasteiger partial charge is 0.459 e. The molecule has 1 aliphatic rings. The van der Waals surface area contributed by atoms with Crippen molar-refractivity contribution in [1.29, 1.82) is 0 Å². The number of alkyl halides is 2. The maximum Gasteiger partial charge on any atom is 0.338 e. The fraction of sp³-hybridized carbons (Fsp3) is 0.263. The van der Waals surface area contributed by atoms with E-state index in [1.165, 1.54) is 12.1 Å². The van der Waals surface area contributed by atoms with Crippen LogP contribution in [0, 0.1) is 0 Å². The fourth-order valence-corrected chi connectivity index (χ4v) is 3.08. The van der Waals surface area contributed by atoms with E-state index in [1.54, 1.807) is 48.5 Å². The van der Waals surface area contributed by atoms with Crippen LogP contribution in [-0.2, 0) is 14.2 Å². The molecule has 2 aromatic carbocycles. The Morgan fingerprint density at radius 3 is 2.11 bits per heavy atom. The second-order valence-corrected chi connectivity index (χ2v) is 7.00. The molecule has 1 fully saturated rings. The zero-order chi connectivity index (χ0) is 19.4. The molecule has 0 radical (unpaired) electrons. The second-order valence-electron chi connectivity index (χ2n) is 5.87. The molecule has 0 aromatic heterocycles. The summed E-state index contributed by atoms with van der Waals surface area (Å²) in [6.45, 7) is -0.408. The summed E-state index contributed by atoms with van der Waals surface area (Å²) in [6.07, 6.45) is -4.74. The molecule has 1 N–H and O–H groups in total. The minimum absolute atomic E-state index is 0.217. The molecule has 1 aliphatic heterocycles. The summed E-state index contributed by atoms with van der Waals surface area (Å²) in [7, 11) is 0. The van der Waals surface area contributed by atoms with Gasteiger partial charge in [0.2, 0.25) is 6.17 Å². The molecule has 1 saturated heterocycles. The number of rotatable bonds is 5. The number of halogens is 2. The third kappa shape index (κ3) is 4.52. The first-order chi connectivity index (χ1) is 12.9. The monoisotopic (exact) mass is 438 g/mol. The highest BCUT2D eigenvalue weighted by Crippen LogP contribution is 2.38. The lowest BCUT2D eigenvalue weighted by atomic mass is 10.1. The van der Waals surface area contributed by atoms with Crippen LogP contribution in [0.3, 0.4) is 0 Å². The lowest BCUT2D eigenvalue weighted by Gasteiger charge is -2.19. The van der Waals surface area contributed by atoms with Crippen LogP contribution in [0.5, 0.6) is 0 Å². The van der Waals surface area contributed by atoms with E-state index >= 15 is 0 Å². The van der Waals surface area contributed by atoms with E-state index < -0.39 is 41.6 Å². The van der Waals surface area contributed by atoms with Crippen molar-refractivity contribution in [2.45, 2.75) is 23.1 Å². The van der Waals surface area contributed by atoms with Gasteiger partial charge in [-0.2, -0.15) is 0 Å². The van der Waals surface area contributed by atoms with Gasteiger partial charge in [0.1, 0.15) is 12.7 Å². The van der Waals surface area contributed by atoms with Crippen LogP contribution < -0.4 is 0 Å². The zero-order valence-corrected chi connectivity index (χ0v) is 15.5. The number of benzene rings is 2. The molecule has 8 heteroatoms. The number of hydrogen-bond donors (Lipinski definition) is 1. The van der Waals surface area contributed by atoms with Crippen molar-refractivity contribution in [2.24, 2.45) is 0 Å². The summed E-state index contributed by atoms with van der Waals surface area (Å²) in [5, 5.41) is 9.96. The number of carbonyl (C=O) groups is 2. The quantitative estimate of drug-likeness (QED) is 0.570. The third-order valence-corrected chi connectivity index (χ3v) is 4.58. The van der Waals surface area contributed by atoms with Crippen LogP contribution in [0.2, 0.25) is 0 Å². The van der Waals surface area contributed by atoms with Gasteiger partial charge in [0, 0.05) is 0 Å². The van der Waals surface area contributed by atoms with Gasteiger partial charge >= 0.3 is 11.9 Å². The number of ether oxygens (including phenoxy) is 3. The van der Waals surface area contributed by atoms with E-state index in [9.17, 15) is 19.1 Å². The predicted octanol–water partition coefficient (Wildman–Crippen LogP) is 2.85. The normalized spacial score (nSPS) is 27.1. The molecule has 6 nitrogen and oxygen atoms in total. The minimum atomic E-state index is -2.35. The van der Waals surface area contributed by atoms with Crippen molar-refractivity contribution in [3.63, 3.8) is 0 Å². The Morgan fingerprint density at radius 2 is 1.56 bits per heavy atom. The van der Waals surface area contributed by atoms with E-state index in [0.29, 0.717) is 5.56 Å². The maximum absolute atomic E-state index is 14.5. The molecule has 1 unspecified atom stereocenters. The van der Waals surface area contributed by atoms with Gasteiger partial charge in [-0.25, -0.2) is 14.0 Å². The van der Waals surface area contributed by atoms with E-state index in [0.717, 1.165) is 0 Å². The van der Waals surface area contributed by atoms with E-state index in [-0.39, 0.29) is 5.56 Å². The standard InChI is InChI=1S/C19H16BrFO6/c20-19(24)16(21)15(26-18(23)13-9-5-2-6-10-13)14(27-19)11-25-17(22)12-7-3-1-4-8-12/h1-10,14-16,24H,11H2/t14-,15-,16+,19?/m0/s1. The number of hydrogen-bond acceptors (Lipinski definition) is 6. The molecule has 4 atom stereocenters. The lowest BCUT2D eigenvalue weighted by Crippen LogP contribution is -2.38. The van der Waals surface area contributed by atoms with Gasteiger partial charge < -0.3 is 19.3 Å². The minimum Gasteiger partial charge on any atom is -0.459 e. The highest BCUT2D eigenvalue weighted by molar-refractivity contribution is 9.10. The summed E-state index contributed by atoms with van der Waals surface area (Å²) in [5.74, 6) is -1.43. The zero-order valence-electron chi connectivity index (χ0n) is 14.0. The van der Waals surface area contributed by atoms with E-state index in [4.69, 9.17) is 14.2 Å². The van der Waals surface area contributed by atoms with Crippen molar-refractivity contribution < 1.29 is 33.3 Å². The Hall–Kier alpha value is -2.29. The maximum atomic E-state index is 14.5. The highest BCUT2D eigenvalue weighted by Gasteiger charge is 2.56. The topological polar surface area (TPSA) is 82.1 Å². The molecule has 1 heterocycles. The Bertz CT molecular complexity index is 798. The van der Waals surface area contributed by atoms with Crippen LogP contribution in [0.15, 0.2) is 60.7 Å². The third-order valence-electron chi connectivity index (χ3n) is 3.95. The molecule has 0 spiro atoms. The van der Waals surface area contributed by atoms with Gasteiger partial charge in [-0.1, -0.05) is 36.4 Å². The van der Waals surface area contributed by atoms with Crippen LogP contribution in [-0.4, -0.2) is 46.7 Å². The van der Waals surface area contributed by atoms with Crippen LogP contribution in [0.4, 0.5) is 4.39 Å². The van der Waals surface area contributed by atoms with Crippen molar-refractivity contribution >= 4 is 27.9 Å². The smallest absolute Gasteiger partial charge is 0.338 e. The molecule has 2 aromatic rings. The summed E-state index contributed by atoms with van der Waals surface area (Å²) in [5.41, 5.74) is 0.522. The van der Waals surface area contributed by atoms with Crippen LogP contribution in [0.1, 0.15) is 20.7 Å². The first kappa shape index (κ1) is 19.5. The highest BCUT2D eigenvalue weighted by atomic mass is 79.9. The first-order valence-electron chi connectivity index (χ1n) is 8.10. The molecule has 0 amide bonds. The van der Waals surface area contributed by atoms with Crippen molar-refractivity contribution in [3.05, 3.63) is 71.8 Å². The summed E-state index contributed by atoms with van der Waals surface area (Å²) in [6, 6.07) is 16.2. The number of carbonyl (C=O) groups excluding carboxylic acids is 2. The van der Waals surface area contributed by atoms with Gasteiger partial charge in [0.15, 0.2) is 6.10 Å². The Kier molecular flexibility index (Phi) is 5.88. The Labute approximate surface area is 163 Å². The molecule has 142 valence electrons. The lowest BCUT2D eigenvalue weighted by molar-refractivity contribution is -0.144. The summed E-state index contributed by atoms with van der Waals surface area (Å²) >= 11 is 2.71. The SMILES string of the molecule is O=C(OC[C@@H]1OC(O)(Br)[C@H](F)[C@H]1OC(=O)c1ccccc1)c1ccccc1. The number of aliphatic hydroxyl groups is 1. The summed E-state index contributed by atoms with van der Waals surface area (Å²) < 4.78 is 27.6. The van der Waals surface area contributed by atoms with Crippen LogP contribution >= 0.6 is 15.9 Å². The molecule has 27 heavy (non-hydrogen) atoms. The average molecular weight is 439 g/mol. The van der Waals surface area contributed by atoms with Gasteiger partial charge in [-0.3, -0.25) is 0 Å². The molecule has 0 bridgehead atoms. The van der Waals surface area contributed by atoms with Crippen molar-refractivity contribution in [3.8, 4) is 0 Å². The molecule has 3 rings (SSSR count). The predicted molar refractivity (Wildman–Crippen MR) is 96.0 cm³/mol. The second kappa shape index (κ2) is 8.16.